The van der Waals surface area contributed by atoms with Crippen molar-refractivity contribution in [3.05, 3.63) is 65.5 Å². The summed E-state index contributed by atoms with van der Waals surface area (Å²) in [5.74, 6) is 1.13. The highest BCUT2D eigenvalue weighted by Crippen LogP contribution is 2.30. The van der Waals surface area contributed by atoms with Gasteiger partial charge in [0.1, 0.15) is 5.82 Å². The summed E-state index contributed by atoms with van der Waals surface area (Å²) in [5, 5.41) is 0.787. The lowest BCUT2D eigenvalue weighted by Gasteiger charge is -2.24. The molecule has 0 aliphatic carbocycles. The maximum absolute atomic E-state index is 6.20. The first-order chi connectivity index (χ1) is 13.1. The van der Waals surface area contributed by atoms with Crippen LogP contribution >= 0.6 is 11.6 Å². The molecule has 1 aliphatic rings. The molecule has 0 amide bonds. The van der Waals surface area contributed by atoms with Crippen LogP contribution in [0, 0.1) is 6.92 Å². The molecule has 0 atom stereocenters. The fourth-order valence-electron chi connectivity index (χ4n) is 3.46. The van der Waals surface area contributed by atoms with Crippen LogP contribution < -0.4 is 4.90 Å². The minimum atomic E-state index is 0.787. The first-order valence-electron chi connectivity index (χ1n) is 10.2. The lowest BCUT2D eigenvalue weighted by atomic mass is 10.0. The van der Waals surface area contributed by atoms with Crippen molar-refractivity contribution < 1.29 is 0 Å². The van der Waals surface area contributed by atoms with Gasteiger partial charge in [-0.05, 0) is 54.3 Å². The molecule has 3 rings (SSSR count). The monoisotopic (exact) mass is 384 g/mol. The van der Waals surface area contributed by atoms with Crippen LogP contribution in [0.3, 0.4) is 0 Å². The first-order valence-corrected chi connectivity index (χ1v) is 10.6. The molecule has 1 heterocycles. The second kappa shape index (κ2) is 10.4. The Kier molecular flexibility index (Phi) is 8.24. The molecule has 3 heteroatoms. The normalized spacial score (nSPS) is 13.6. The Labute approximate surface area is 170 Å². The van der Waals surface area contributed by atoms with Crippen molar-refractivity contribution in [3.8, 4) is 11.1 Å². The Balaban J connectivity index is 0.00000126. The van der Waals surface area contributed by atoms with Crippen molar-refractivity contribution >= 4 is 17.3 Å². The average molecular weight is 385 g/mol. The summed E-state index contributed by atoms with van der Waals surface area (Å²) in [5.41, 5.74) is 4.75. The van der Waals surface area contributed by atoms with E-state index in [-0.39, 0.29) is 0 Å². The van der Waals surface area contributed by atoms with Crippen molar-refractivity contribution in [2.24, 2.45) is 0 Å². The van der Waals surface area contributed by atoms with E-state index in [1.165, 1.54) is 36.1 Å². The van der Waals surface area contributed by atoms with Crippen LogP contribution in [0.25, 0.3) is 11.1 Å². The minimum Gasteiger partial charge on any atom is -0.357 e. The summed E-state index contributed by atoms with van der Waals surface area (Å²) < 4.78 is 0. The van der Waals surface area contributed by atoms with Gasteiger partial charge in [-0.25, -0.2) is 0 Å². The van der Waals surface area contributed by atoms with Gasteiger partial charge in [-0.15, -0.1) is 0 Å². The van der Waals surface area contributed by atoms with E-state index in [9.17, 15) is 0 Å². The summed E-state index contributed by atoms with van der Waals surface area (Å²) >= 11 is 6.20. The van der Waals surface area contributed by atoms with E-state index in [4.69, 9.17) is 11.6 Å². The van der Waals surface area contributed by atoms with Gasteiger partial charge >= 0.3 is 0 Å². The molecule has 0 saturated carbocycles. The molecule has 1 aliphatic heterocycles. The number of hydrogen-bond donors (Lipinski definition) is 0. The molecular weight excluding hydrogens is 352 g/mol. The van der Waals surface area contributed by atoms with E-state index in [2.05, 4.69) is 60.6 Å². The van der Waals surface area contributed by atoms with Crippen molar-refractivity contribution in [2.75, 3.05) is 24.5 Å². The molecule has 2 nitrogen and oxygen atoms in total. The highest BCUT2D eigenvalue weighted by molar-refractivity contribution is 6.30. The third kappa shape index (κ3) is 5.52. The van der Waals surface area contributed by atoms with Gasteiger partial charge in [-0.3, -0.25) is 0 Å². The molecule has 0 unspecified atom stereocenters. The van der Waals surface area contributed by atoms with Crippen LogP contribution in [0.15, 0.2) is 54.9 Å². The molecule has 2 aromatic carbocycles. The van der Waals surface area contributed by atoms with Gasteiger partial charge in [0.15, 0.2) is 0 Å². The summed E-state index contributed by atoms with van der Waals surface area (Å²) in [7, 11) is 0. The largest absolute Gasteiger partial charge is 0.357 e. The second-order valence-electron chi connectivity index (χ2n) is 6.83. The molecule has 146 valence electrons. The molecule has 1 saturated heterocycles. The fourth-order valence-corrected chi connectivity index (χ4v) is 3.75. The summed E-state index contributed by atoms with van der Waals surface area (Å²) in [6, 6.07) is 14.9. The maximum Gasteiger partial charge on any atom is 0.101 e. The maximum atomic E-state index is 6.20. The van der Waals surface area contributed by atoms with E-state index in [1.807, 2.05) is 26.0 Å². The lowest BCUT2D eigenvalue weighted by Crippen LogP contribution is -2.22. The Morgan fingerprint density at radius 2 is 1.67 bits per heavy atom. The SMILES string of the molecule is C=C1N(CCCCC)CCN1c1ccc(-c2cc(C)cc(Cl)c2)cc1.CC. The molecule has 0 bridgehead atoms. The third-order valence-corrected chi connectivity index (χ3v) is 5.07. The molecule has 1 fully saturated rings. The fraction of sp³-hybridized carbons (Fsp3) is 0.417. The van der Waals surface area contributed by atoms with Crippen molar-refractivity contribution in [3.63, 3.8) is 0 Å². The van der Waals surface area contributed by atoms with E-state index in [1.54, 1.807) is 0 Å². The van der Waals surface area contributed by atoms with Crippen LogP contribution in [0.5, 0.6) is 0 Å². The van der Waals surface area contributed by atoms with Crippen LogP contribution in [0.4, 0.5) is 5.69 Å². The predicted molar refractivity (Wildman–Crippen MR) is 121 cm³/mol. The van der Waals surface area contributed by atoms with Crippen molar-refractivity contribution in [1.82, 2.24) is 4.90 Å². The number of anilines is 1. The summed E-state index contributed by atoms with van der Waals surface area (Å²) in [6.07, 6.45) is 3.79. The number of hydrogen-bond acceptors (Lipinski definition) is 2. The zero-order chi connectivity index (χ0) is 19.8. The van der Waals surface area contributed by atoms with Crippen molar-refractivity contribution in [2.45, 2.75) is 47.0 Å². The van der Waals surface area contributed by atoms with Crippen LogP contribution in [0.1, 0.15) is 45.6 Å². The first kappa shape index (κ1) is 21.4. The zero-order valence-electron chi connectivity index (χ0n) is 17.3. The number of rotatable bonds is 6. The summed E-state index contributed by atoms with van der Waals surface area (Å²) in [4.78, 5) is 4.73. The van der Waals surface area contributed by atoms with E-state index < -0.39 is 0 Å². The third-order valence-electron chi connectivity index (χ3n) is 4.86. The summed E-state index contributed by atoms with van der Waals surface area (Å²) in [6.45, 7) is 15.8. The number of halogens is 1. The smallest absolute Gasteiger partial charge is 0.101 e. The van der Waals surface area contributed by atoms with Gasteiger partial charge in [-0.1, -0.05) is 70.0 Å². The van der Waals surface area contributed by atoms with Gasteiger partial charge in [0.05, 0.1) is 0 Å². The molecule has 0 aromatic heterocycles. The average Bonchev–Trinajstić information content (AvgIpc) is 3.04. The zero-order valence-corrected chi connectivity index (χ0v) is 18.0. The molecule has 2 aromatic rings. The predicted octanol–water partition coefficient (Wildman–Crippen LogP) is 7.13. The lowest BCUT2D eigenvalue weighted by molar-refractivity contribution is 0.384. The molecule has 27 heavy (non-hydrogen) atoms. The van der Waals surface area contributed by atoms with E-state index >= 15 is 0 Å². The highest BCUT2D eigenvalue weighted by atomic mass is 35.5. The topological polar surface area (TPSA) is 6.48 Å². The van der Waals surface area contributed by atoms with E-state index in [0.717, 1.165) is 36.0 Å². The van der Waals surface area contributed by atoms with Gasteiger partial charge in [-0.2, -0.15) is 0 Å². The van der Waals surface area contributed by atoms with Gasteiger partial charge < -0.3 is 9.80 Å². The second-order valence-corrected chi connectivity index (χ2v) is 7.26. The molecule has 0 N–H and O–H groups in total. The number of unbranched alkanes of at least 4 members (excludes halogenated alkanes) is 2. The van der Waals surface area contributed by atoms with Crippen LogP contribution in [0.2, 0.25) is 5.02 Å². The van der Waals surface area contributed by atoms with Gasteiger partial charge in [0, 0.05) is 30.3 Å². The standard InChI is InChI=1S/C22H27ClN2.C2H6/c1-4-5-6-11-24-12-13-25(18(24)3)22-9-7-19(8-10-22)20-14-17(2)15-21(23)16-20;1-2/h7-10,14-16H,3-6,11-13H2,1-2H3;1-2H3. The minimum absolute atomic E-state index is 0.787. The Hall–Kier alpha value is -1.93. The number of nitrogens with zero attached hydrogens (tertiary/aromatic N) is 2. The highest BCUT2D eigenvalue weighted by Gasteiger charge is 2.23. The number of benzene rings is 2. The molecular formula is C24H33ClN2. The van der Waals surface area contributed by atoms with E-state index in [0.29, 0.717) is 0 Å². The van der Waals surface area contributed by atoms with Crippen LogP contribution in [-0.2, 0) is 0 Å². The molecule has 0 radical (unpaired) electrons. The Bertz CT molecular complexity index is 716. The Morgan fingerprint density at radius 3 is 2.30 bits per heavy atom. The number of aryl methyl sites for hydroxylation is 1. The van der Waals surface area contributed by atoms with Gasteiger partial charge in [0.25, 0.3) is 0 Å². The quantitative estimate of drug-likeness (QED) is 0.489. The van der Waals surface area contributed by atoms with Gasteiger partial charge in [0.2, 0.25) is 0 Å². The Morgan fingerprint density at radius 1 is 0.963 bits per heavy atom. The molecule has 0 spiro atoms. The van der Waals surface area contributed by atoms with Crippen LogP contribution in [-0.4, -0.2) is 24.5 Å². The van der Waals surface area contributed by atoms with Crippen molar-refractivity contribution in [1.29, 1.82) is 0 Å².